The fraction of sp³-hybridized carbons (Fsp3) is 0.429. The van der Waals surface area contributed by atoms with Gasteiger partial charge in [0.2, 0.25) is 0 Å². The maximum Gasteiger partial charge on any atom is 0.338 e. The van der Waals surface area contributed by atoms with E-state index in [-0.39, 0.29) is 18.5 Å². The number of rotatable bonds is 3. The van der Waals surface area contributed by atoms with Gasteiger partial charge in [-0.3, -0.25) is 4.79 Å². The second-order valence-electron chi connectivity index (χ2n) is 4.32. The fourth-order valence-corrected chi connectivity index (χ4v) is 2.04. The number of ether oxygens (including phenoxy) is 2. The highest BCUT2D eigenvalue weighted by Gasteiger charge is 2.21. The van der Waals surface area contributed by atoms with Crippen LogP contribution in [0.2, 0.25) is 0 Å². The largest absolute Gasteiger partial charge is 0.462 e. The molecule has 0 N–H and O–H groups in total. The van der Waals surface area contributed by atoms with Gasteiger partial charge >= 0.3 is 5.97 Å². The van der Waals surface area contributed by atoms with E-state index in [0.717, 1.165) is 11.3 Å². The average molecular weight is 263 g/mol. The maximum atomic E-state index is 11.7. The number of aryl methyl sites for hydroxylation is 1. The molecule has 1 fully saturated rings. The van der Waals surface area contributed by atoms with Gasteiger partial charge in [-0.2, -0.15) is 0 Å². The SMILES string of the molecule is CCOC(=O)c1ccc(N2CCOCC2=O)cc1C. The van der Waals surface area contributed by atoms with Crippen molar-refractivity contribution in [3.8, 4) is 0 Å². The molecule has 1 aromatic rings. The minimum atomic E-state index is -0.333. The minimum absolute atomic E-state index is 0.0606. The molecule has 0 aromatic heterocycles. The summed E-state index contributed by atoms with van der Waals surface area (Å²) in [5.74, 6) is -0.394. The molecule has 0 bridgehead atoms. The van der Waals surface area contributed by atoms with Gasteiger partial charge in [-0.1, -0.05) is 0 Å². The van der Waals surface area contributed by atoms with Gasteiger partial charge in [0.05, 0.1) is 18.8 Å². The Morgan fingerprint density at radius 2 is 2.26 bits per heavy atom. The summed E-state index contributed by atoms with van der Waals surface area (Å²) in [5.41, 5.74) is 2.13. The van der Waals surface area contributed by atoms with Crippen molar-refractivity contribution in [3.63, 3.8) is 0 Å². The molecule has 0 radical (unpaired) electrons. The van der Waals surface area contributed by atoms with Crippen LogP contribution >= 0.6 is 0 Å². The number of esters is 1. The summed E-state index contributed by atoms with van der Waals surface area (Å²) >= 11 is 0. The number of benzene rings is 1. The van der Waals surface area contributed by atoms with E-state index in [0.29, 0.717) is 25.3 Å². The van der Waals surface area contributed by atoms with Crippen LogP contribution in [0.3, 0.4) is 0 Å². The second-order valence-corrected chi connectivity index (χ2v) is 4.32. The molecule has 1 aliphatic rings. The monoisotopic (exact) mass is 263 g/mol. The number of nitrogens with zero attached hydrogens (tertiary/aromatic N) is 1. The van der Waals surface area contributed by atoms with Gasteiger partial charge in [0.25, 0.3) is 5.91 Å². The Kier molecular flexibility index (Phi) is 4.16. The van der Waals surface area contributed by atoms with Crippen LogP contribution in [0.15, 0.2) is 18.2 Å². The van der Waals surface area contributed by atoms with E-state index in [4.69, 9.17) is 9.47 Å². The van der Waals surface area contributed by atoms with Gasteiger partial charge in [0.15, 0.2) is 0 Å². The van der Waals surface area contributed by atoms with Gasteiger partial charge in [0, 0.05) is 12.2 Å². The summed E-state index contributed by atoms with van der Waals surface area (Å²) in [5, 5.41) is 0. The Labute approximate surface area is 112 Å². The molecule has 1 heterocycles. The van der Waals surface area contributed by atoms with Gasteiger partial charge in [0.1, 0.15) is 6.61 Å². The Hall–Kier alpha value is -1.88. The number of anilines is 1. The number of carbonyl (C=O) groups excluding carboxylic acids is 2. The predicted molar refractivity (Wildman–Crippen MR) is 70.3 cm³/mol. The van der Waals surface area contributed by atoms with E-state index in [9.17, 15) is 9.59 Å². The molecule has 5 nitrogen and oxygen atoms in total. The Bertz CT molecular complexity index is 498. The molecule has 1 aromatic carbocycles. The standard InChI is InChI=1S/C14H17NO4/c1-3-19-14(17)12-5-4-11(8-10(12)2)15-6-7-18-9-13(15)16/h4-5,8H,3,6-7,9H2,1-2H3. The van der Waals surface area contributed by atoms with Crippen molar-refractivity contribution in [2.45, 2.75) is 13.8 Å². The van der Waals surface area contributed by atoms with Gasteiger partial charge in [-0.25, -0.2) is 4.79 Å². The van der Waals surface area contributed by atoms with Crippen LogP contribution in [0.25, 0.3) is 0 Å². The molecule has 102 valence electrons. The van der Waals surface area contributed by atoms with Crippen LogP contribution in [0.1, 0.15) is 22.8 Å². The van der Waals surface area contributed by atoms with E-state index in [1.807, 2.05) is 13.0 Å². The lowest BCUT2D eigenvalue weighted by molar-refractivity contribution is -0.125. The third kappa shape index (κ3) is 2.93. The zero-order valence-corrected chi connectivity index (χ0v) is 11.1. The molecule has 1 aliphatic heterocycles. The number of amides is 1. The first-order chi connectivity index (χ1) is 9.13. The summed E-state index contributed by atoms with van der Waals surface area (Å²) in [6.45, 7) is 5.14. The number of hydrogen-bond acceptors (Lipinski definition) is 4. The van der Waals surface area contributed by atoms with Crippen molar-refractivity contribution in [3.05, 3.63) is 29.3 Å². The molecule has 0 unspecified atom stereocenters. The first-order valence-electron chi connectivity index (χ1n) is 6.29. The predicted octanol–water partition coefficient (Wildman–Crippen LogP) is 1.53. The maximum absolute atomic E-state index is 11.7. The van der Waals surface area contributed by atoms with E-state index >= 15 is 0 Å². The highest BCUT2D eigenvalue weighted by Crippen LogP contribution is 2.21. The van der Waals surface area contributed by atoms with Crippen LogP contribution in [-0.4, -0.2) is 38.2 Å². The quantitative estimate of drug-likeness (QED) is 0.776. The third-order valence-electron chi connectivity index (χ3n) is 3.00. The smallest absolute Gasteiger partial charge is 0.338 e. The minimum Gasteiger partial charge on any atom is -0.462 e. The number of hydrogen-bond donors (Lipinski definition) is 0. The molecule has 0 saturated carbocycles. The van der Waals surface area contributed by atoms with Crippen LogP contribution in [0.5, 0.6) is 0 Å². The lowest BCUT2D eigenvalue weighted by Crippen LogP contribution is -2.41. The lowest BCUT2D eigenvalue weighted by atomic mass is 10.1. The second kappa shape index (κ2) is 5.84. The van der Waals surface area contributed by atoms with E-state index in [1.165, 1.54) is 0 Å². The van der Waals surface area contributed by atoms with Gasteiger partial charge in [-0.15, -0.1) is 0 Å². The Morgan fingerprint density at radius 1 is 1.47 bits per heavy atom. The lowest BCUT2D eigenvalue weighted by Gasteiger charge is -2.27. The van der Waals surface area contributed by atoms with Crippen molar-refractivity contribution in [2.24, 2.45) is 0 Å². The van der Waals surface area contributed by atoms with Crippen molar-refractivity contribution in [1.29, 1.82) is 0 Å². The van der Waals surface area contributed by atoms with Crippen molar-refractivity contribution < 1.29 is 19.1 Å². The first-order valence-corrected chi connectivity index (χ1v) is 6.29. The molecule has 1 saturated heterocycles. The molecule has 0 atom stereocenters. The molecule has 0 spiro atoms. The zero-order chi connectivity index (χ0) is 13.8. The molecular formula is C14H17NO4. The number of morpholine rings is 1. The molecule has 0 aliphatic carbocycles. The molecule has 1 amide bonds. The molecule has 5 heteroatoms. The average Bonchev–Trinajstić information content (AvgIpc) is 2.39. The van der Waals surface area contributed by atoms with E-state index in [1.54, 1.807) is 24.0 Å². The van der Waals surface area contributed by atoms with Crippen molar-refractivity contribution in [2.75, 3.05) is 31.3 Å². The van der Waals surface area contributed by atoms with Crippen LogP contribution in [0, 0.1) is 6.92 Å². The topological polar surface area (TPSA) is 55.8 Å². The Morgan fingerprint density at radius 3 is 2.89 bits per heavy atom. The van der Waals surface area contributed by atoms with Crippen LogP contribution in [-0.2, 0) is 14.3 Å². The first kappa shape index (κ1) is 13.5. The third-order valence-corrected chi connectivity index (χ3v) is 3.00. The zero-order valence-electron chi connectivity index (χ0n) is 11.1. The van der Waals surface area contributed by atoms with Crippen molar-refractivity contribution >= 4 is 17.6 Å². The van der Waals surface area contributed by atoms with E-state index < -0.39 is 0 Å². The number of carbonyl (C=O) groups is 2. The van der Waals surface area contributed by atoms with Gasteiger partial charge < -0.3 is 14.4 Å². The molecule has 2 rings (SSSR count). The van der Waals surface area contributed by atoms with Crippen molar-refractivity contribution in [1.82, 2.24) is 0 Å². The summed E-state index contributed by atoms with van der Waals surface area (Å²) in [6.07, 6.45) is 0. The van der Waals surface area contributed by atoms with E-state index in [2.05, 4.69) is 0 Å². The molecular weight excluding hydrogens is 246 g/mol. The summed E-state index contributed by atoms with van der Waals surface area (Å²) in [7, 11) is 0. The fourth-order valence-electron chi connectivity index (χ4n) is 2.04. The highest BCUT2D eigenvalue weighted by atomic mass is 16.5. The summed E-state index contributed by atoms with van der Waals surface area (Å²) < 4.78 is 10.1. The Balaban J connectivity index is 2.23. The molecule has 19 heavy (non-hydrogen) atoms. The highest BCUT2D eigenvalue weighted by molar-refractivity contribution is 5.96. The summed E-state index contributed by atoms with van der Waals surface area (Å²) in [4.78, 5) is 25.1. The van der Waals surface area contributed by atoms with Gasteiger partial charge in [-0.05, 0) is 37.6 Å². The van der Waals surface area contributed by atoms with Crippen LogP contribution in [0.4, 0.5) is 5.69 Å². The van der Waals surface area contributed by atoms with Crippen LogP contribution < -0.4 is 4.90 Å². The summed E-state index contributed by atoms with van der Waals surface area (Å²) in [6, 6.07) is 5.29. The normalized spacial score (nSPS) is 15.5.